The zero-order valence-corrected chi connectivity index (χ0v) is 11.6. The minimum atomic E-state index is 0.762. The SMILES string of the molecule is Cc1ccc(N2CCC(c3ccc(Cl)cc3)=N2)cc1. The van der Waals surface area contributed by atoms with Gasteiger partial charge in [0.15, 0.2) is 0 Å². The molecule has 3 rings (SSSR count). The predicted molar refractivity (Wildman–Crippen MR) is 81.1 cm³/mol. The van der Waals surface area contributed by atoms with Crippen LogP contribution in [0.2, 0.25) is 5.02 Å². The van der Waals surface area contributed by atoms with Gasteiger partial charge in [-0.15, -0.1) is 0 Å². The topological polar surface area (TPSA) is 15.6 Å². The summed E-state index contributed by atoms with van der Waals surface area (Å²) in [6, 6.07) is 16.3. The maximum Gasteiger partial charge on any atom is 0.0700 e. The highest BCUT2D eigenvalue weighted by Gasteiger charge is 2.16. The lowest BCUT2D eigenvalue weighted by molar-refractivity contribution is 0.921. The number of anilines is 1. The number of benzene rings is 2. The van der Waals surface area contributed by atoms with Gasteiger partial charge in [0.05, 0.1) is 11.4 Å². The van der Waals surface area contributed by atoms with Crippen LogP contribution in [0.25, 0.3) is 0 Å². The molecular weight excluding hydrogens is 256 g/mol. The molecule has 2 aromatic rings. The largest absolute Gasteiger partial charge is 0.265 e. The first-order valence-corrected chi connectivity index (χ1v) is 6.78. The van der Waals surface area contributed by atoms with Crippen molar-refractivity contribution < 1.29 is 0 Å². The summed E-state index contributed by atoms with van der Waals surface area (Å²) in [4.78, 5) is 0. The summed E-state index contributed by atoms with van der Waals surface area (Å²) in [5.74, 6) is 0. The van der Waals surface area contributed by atoms with Crippen molar-refractivity contribution >= 4 is 23.0 Å². The fourth-order valence-electron chi connectivity index (χ4n) is 2.21. The van der Waals surface area contributed by atoms with E-state index < -0.39 is 0 Å². The second-order valence-electron chi connectivity index (χ2n) is 4.76. The van der Waals surface area contributed by atoms with Crippen LogP contribution in [0.4, 0.5) is 5.69 Å². The summed E-state index contributed by atoms with van der Waals surface area (Å²) in [5, 5.41) is 7.52. The molecular formula is C16H15ClN2. The molecule has 0 unspecified atom stereocenters. The highest BCUT2D eigenvalue weighted by molar-refractivity contribution is 6.30. The molecule has 1 aliphatic heterocycles. The number of halogens is 1. The van der Waals surface area contributed by atoms with E-state index in [4.69, 9.17) is 16.7 Å². The summed E-state index contributed by atoms with van der Waals surface area (Å²) in [6.07, 6.45) is 0.968. The molecule has 96 valence electrons. The number of hydrogen-bond donors (Lipinski definition) is 0. The summed E-state index contributed by atoms with van der Waals surface area (Å²) in [7, 11) is 0. The molecule has 1 aliphatic rings. The maximum atomic E-state index is 5.91. The van der Waals surface area contributed by atoms with Crippen LogP contribution in [-0.4, -0.2) is 12.3 Å². The molecule has 0 N–H and O–H groups in total. The molecule has 0 bridgehead atoms. The van der Waals surface area contributed by atoms with Crippen LogP contribution in [-0.2, 0) is 0 Å². The quantitative estimate of drug-likeness (QED) is 0.796. The lowest BCUT2D eigenvalue weighted by Gasteiger charge is -2.13. The molecule has 0 radical (unpaired) electrons. The first-order valence-electron chi connectivity index (χ1n) is 6.40. The normalized spacial score (nSPS) is 14.6. The fraction of sp³-hybridized carbons (Fsp3) is 0.188. The van der Waals surface area contributed by atoms with Gasteiger partial charge in [-0.3, -0.25) is 5.01 Å². The van der Waals surface area contributed by atoms with Crippen molar-refractivity contribution in [2.24, 2.45) is 5.10 Å². The number of rotatable bonds is 2. The van der Waals surface area contributed by atoms with E-state index in [0.717, 1.165) is 35.0 Å². The molecule has 19 heavy (non-hydrogen) atoms. The zero-order chi connectivity index (χ0) is 13.2. The van der Waals surface area contributed by atoms with Crippen LogP contribution < -0.4 is 5.01 Å². The van der Waals surface area contributed by atoms with Gasteiger partial charge in [-0.1, -0.05) is 41.4 Å². The van der Waals surface area contributed by atoms with Crippen molar-refractivity contribution in [1.29, 1.82) is 0 Å². The van der Waals surface area contributed by atoms with E-state index in [-0.39, 0.29) is 0 Å². The monoisotopic (exact) mass is 270 g/mol. The first-order chi connectivity index (χ1) is 9.22. The smallest absolute Gasteiger partial charge is 0.0700 e. The van der Waals surface area contributed by atoms with Crippen LogP contribution >= 0.6 is 11.6 Å². The summed E-state index contributed by atoms with van der Waals surface area (Å²) < 4.78 is 0. The number of hydrogen-bond acceptors (Lipinski definition) is 2. The van der Waals surface area contributed by atoms with Crippen molar-refractivity contribution in [2.45, 2.75) is 13.3 Å². The average Bonchev–Trinajstić information content (AvgIpc) is 2.90. The molecule has 0 fully saturated rings. The standard InChI is InChI=1S/C16H15ClN2/c1-12-2-8-15(9-3-12)19-11-10-16(18-19)13-4-6-14(17)7-5-13/h2-9H,10-11H2,1H3. The Balaban J connectivity index is 1.84. The van der Waals surface area contributed by atoms with Gasteiger partial charge in [-0.25, -0.2) is 0 Å². The second kappa shape index (κ2) is 5.06. The molecule has 0 atom stereocenters. The van der Waals surface area contributed by atoms with Gasteiger partial charge >= 0.3 is 0 Å². The Morgan fingerprint density at radius 3 is 2.37 bits per heavy atom. The maximum absolute atomic E-state index is 5.91. The van der Waals surface area contributed by atoms with Crippen LogP contribution in [0.15, 0.2) is 53.6 Å². The third-order valence-corrected chi connectivity index (χ3v) is 3.56. The Labute approximate surface area is 118 Å². The van der Waals surface area contributed by atoms with Crippen LogP contribution in [0, 0.1) is 6.92 Å². The molecule has 0 saturated heterocycles. The van der Waals surface area contributed by atoms with Gasteiger partial charge in [0.25, 0.3) is 0 Å². The highest BCUT2D eigenvalue weighted by Crippen LogP contribution is 2.22. The molecule has 0 aliphatic carbocycles. The van der Waals surface area contributed by atoms with Crippen molar-refractivity contribution in [3.8, 4) is 0 Å². The Morgan fingerprint density at radius 2 is 1.68 bits per heavy atom. The Bertz CT molecular complexity index is 600. The zero-order valence-electron chi connectivity index (χ0n) is 10.8. The Morgan fingerprint density at radius 1 is 1.00 bits per heavy atom. The van der Waals surface area contributed by atoms with Gasteiger partial charge < -0.3 is 0 Å². The number of hydrazone groups is 1. The van der Waals surface area contributed by atoms with E-state index in [1.54, 1.807) is 0 Å². The van der Waals surface area contributed by atoms with E-state index in [0.29, 0.717) is 0 Å². The molecule has 2 aromatic carbocycles. The van der Waals surface area contributed by atoms with Gasteiger partial charge in [0.1, 0.15) is 0 Å². The van der Waals surface area contributed by atoms with Crippen LogP contribution in [0.1, 0.15) is 17.5 Å². The van der Waals surface area contributed by atoms with E-state index in [1.807, 2.05) is 24.3 Å². The average molecular weight is 271 g/mol. The van der Waals surface area contributed by atoms with Gasteiger partial charge in [0, 0.05) is 18.0 Å². The summed E-state index contributed by atoms with van der Waals surface area (Å²) in [5.41, 5.74) is 4.69. The molecule has 3 heteroatoms. The minimum absolute atomic E-state index is 0.762. The Kier molecular flexibility index (Phi) is 3.26. The van der Waals surface area contributed by atoms with Crippen molar-refractivity contribution in [3.63, 3.8) is 0 Å². The van der Waals surface area contributed by atoms with E-state index >= 15 is 0 Å². The minimum Gasteiger partial charge on any atom is -0.265 e. The van der Waals surface area contributed by atoms with Crippen molar-refractivity contribution in [3.05, 3.63) is 64.7 Å². The lowest BCUT2D eigenvalue weighted by atomic mass is 10.1. The second-order valence-corrected chi connectivity index (χ2v) is 5.20. The number of nitrogens with zero attached hydrogens (tertiary/aromatic N) is 2. The van der Waals surface area contributed by atoms with E-state index in [1.165, 1.54) is 5.56 Å². The van der Waals surface area contributed by atoms with E-state index in [2.05, 4.69) is 36.2 Å². The lowest BCUT2D eigenvalue weighted by Crippen LogP contribution is -2.11. The third kappa shape index (κ3) is 2.64. The molecule has 1 heterocycles. The van der Waals surface area contributed by atoms with Crippen molar-refractivity contribution in [2.75, 3.05) is 11.6 Å². The molecule has 0 saturated carbocycles. The summed E-state index contributed by atoms with van der Waals surface area (Å²) in [6.45, 7) is 3.02. The molecule has 2 nitrogen and oxygen atoms in total. The van der Waals surface area contributed by atoms with E-state index in [9.17, 15) is 0 Å². The Hall–Kier alpha value is -1.80. The first kappa shape index (κ1) is 12.2. The van der Waals surface area contributed by atoms with Gasteiger partial charge in [-0.05, 0) is 36.8 Å². The third-order valence-electron chi connectivity index (χ3n) is 3.31. The molecule has 0 amide bonds. The summed E-state index contributed by atoms with van der Waals surface area (Å²) >= 11 is 5.91. The fourth-order valence-corrected chi connectivity index (χ4v) is 2.33. The predicted octanol–water partition coefficient (Wildman–Crippen LogP) is 4.26. The van der Waals surface area contributed by atoms with Crippen LogP contribution in [0.5, 0.6) is 0 Å². The molecule has 0 aromatic heterocycles. The number of aryl methyl sites for hydroxylation is 1. The highest BCUT2D eigenvalue weighted by atomic mass is 35.5. The van der Waals surface area contributed by atoms with Crippen LogP contribution in [0.3, 0.4) is 0 Å². The van der Waals surface area contributed by atoms with Crippen molar-refractivity contribution in [1.82, 2.24) is 0 Å². The molecule has 0 spiro atoms. The van der Waals surface area contributed by atoms with Gasteiger partial charge in [0.2, 0.25) is 0 Å². The van der Waals surface area contributed by atoms with Gasteiger partial charge in [-0.2, -0.15) is 5.10 Å².